The van der Waals surface area contributed by atoms with Crippen LogP contribution in [0, 0.1) is 0 Å². The Bertz CT molecular complexity index is 287. The highest BCUT2D eigenvalue weighted by Gasteiger charge is 2.02. The lowest BCUT2D eigenvalue weighted by Gasteiger charge is -2.03. The Labute approximate surface area is 69.0 Å². The molecule has 0 aliphatic heterocycles. The number of carbonyl (C=O) groups excluding carboxylic acids is 1. The molecule has 0 atom stereocenters. The van der Waals surface area contributed by atoms with E-state index in [1.807, 2.05) is 0 Å². The van der Waals surface area contributed by atoms with Crippen molar-refractivity contribution in [3.05, 3.63) is 12.5 Å². The molecule has 0 spiro atoms. The van der Waals surface area contributed by atoms with Crippen LogP contribution in [-0.4, -0.2) is 22.4 Å². The summed E-state index contributed by atoms with van der Waals surface area (Å²) in [7, 11) is 0. The summed E-state index contributed by atoms with van der Waals surface area (Å²) in [5.74, 6) is -0.0942. The van der Waals surface area contributed by atoms with E-state index in [1.165, 1.54) is 12.5 Å². The topological polar surface area (TPSA) is 107 Å². The summed E-state index contributed by atoms with van der Waals surface area (Å²) < 4.78 is 0. The molecule has 64 valence electrons. The van der Waals surface area contributed by atoms with E-state index >= 15 is 0 Å². The highest BCUT2D eigenvalue weighted by atomic mass is 16.1. The summed E-state index contributed by atoms with van der Waals surface area (Å²) in [4.78, 5) is 18.2. The first-order valence-electron chi connectivity index (χ1n) is 3.29. The average Bonchev–Trinajstić information content (AvgIpc) is 2.09. The molecule has 0 bridgehead atoms. The molecule has 1 amide bonds. The predicted octanol–water partition coefficient (Wildman–Crippen LogP) is -1.04. The Balaban J connectivity index is 2.75. The van der Waals surface area contributed by atoms with Crippen LogP contribution in [0.3, 0.4) is 0 Å². The lowest BCUT2D eigenvalue weighted by molar-refractivity contribution is -0.114. The van der Waals surface area contributed by atoms with E-state index in [0.29, 0.717) is 5.69 Å². The van der Waals surface area contributed by atoms with E-state index in [-0.39, 0.29) is 18.3 Å². The number of nitrogens with one attached hydrogen (secondary N) is 1. The Morgan fingerprint density at radius 3 is 3.00 bits per heavy atom. The zero-order valence-electron chi connectivity index (χ0n) is 6.32. The second-order valence-electron chi connectivity index (χ2n) is 2.07. The molecule has 6 nitrogen and oxygen atoms in total. The maximum Gasteiger partial charge on any atom is 0.238 e. The molecule has 1 aromatic heterocycles. The van der Waals surface area contributed by atoms with Crippen LogP contribution in [0.2, 0.25) is 0 Å². The van der Waals surface area contributed by atoms with Crippen molar-refractivity contribution in [2.45, 2.75) is 0 Å². The Hall–Kier alpha value is -1.69. The van der Waals surface area contributed by atoms with Gasteiger partial charge in [-0.25, -0.2) is 9.97 Å². The molecule has 6 heteroatoms. The maximum absolute atomic E-state index is 10.8. The predicted molar refractivity (Wildman–Crippen MR) is 44.1 cm³/mol. The number of rotatable bonds is 2. The van der Waals surface area contributed by atoms with Crippen molar-refractivity contribution in [1.82, 2.24) is 9.97 Å². The maximum atomic E-state index is 10.8. The molecule has 0 aromatic carbocycles. The third-order valence-corrected chi connectivity index (χ3v) is 1.20. The summed E-state index contributed by atoms with van der Waals surface area (Å²) in [6.07, 6.45) is 2.71. The SMILES string of the molecule is NCC(=O)Nc1cncnc1N. The monoisotopic (exact) mass is 167 g/mol. The van der Waals surface area contributed by atoms with E-state index in [0.717, 1.165) is 0 Å². The fourth-order valence-corrected chi connectivity index (χ4v) is 0.637. The van der Waals surface area contributed by atoms with E-state index in [9.17, 15) is 4.79 Å². The number of nitrogens with zero attached hydrogens (tertiary/aromatic N) is 2. The van der Waals surface area contributed by atoms with Crippen molar-refractivity contribution < 1.29 is 4.79 Å². The number of carbonyl (C=O) groups is 1. The first-order chi connectivity index (χ1) is 5.74. The minimum absolute atomic E-state index is 0.0890. The van der Waals surface area contributed by atoms with E-state index in [4.69, 9.17) is 11.5 Å². The molecule has 1 heterocycles. The number of anilines is 2. The van der Waals surface area contributed by atoms with Gasteiger partial charge in [0, 0.05) is 0 Å². The Morgan fingerprint density at radius 1 is 1.67 bits per heavy atom. The molecule has 5 N–H and O–H groups in total. The van der Waals surface area contributed by atoms with Crippen molar-refractivity contribution in [2.75, 3.05) is 17.6 Å². The number of nitrogens with two attached hydrogens (primary N) is 2. The van der Waals surface area contributed by atoms with Crippen LogP contribution in [0.4, 0.5) is 11.5 Å². The molecule has 0 aliphatic rings. The van der Waals surface area contributed by atoms with Crippen molar-refractivity contribution in [1.29, 1.82) is 0 Å². The third kappa shape index (κ3) is 1.89. The van der Waals surface area contributed by atoms with Crippen LogP contribution >= 0.6 is 0 Å². The first-order valence-corrected chi connectivity index (χ1v) is 3.29. The number of nitrogen functional groups attached to an aromatic ring is 1. The van der Waals surface area contributed by atoms with Crippen LogP contribution in [0.5, 0.6) is 0 Å². The largest absolute Gasteiger partial charge is 0.382 e. The quantitative estimate of drug-likeness (QED) is 0.521. The molecule has 0 unspecified atom stereocenters. The van der Waals surface area contributed by atoms with E-state index in [1.54, 1.807) is 0 Å². The summed E-state index contributed by atoms with van der Waals surface area (Å²) in [6, 6.07) is 0. The zero-order chi connectivity index (χ0) is 8.97. The molecule has 0 aliphatic carbocycles. The van der Waals surface area contributed by atoms with Crippen LogP contribution in [0.15, 0.2) is 12.5 Å². The number of hydrogen-bond donors (Lipinski definition) is 3. The van der Waals surface area contributed by atoms with Gasteiger partial charge in [0.15, 0.2) is 5.82 Å². The van der Waals surface area contributed by atoms with Gasteiger partial charge in [0.25, 0.3) is 0 Å². The van der Waals surface area contributed by atoms with Crippen molar-refractivity contribution in [3.63, 3.8) is 0 Å². The first kappa shape index (κ1) is 8.41. The minimum atomic E-state index is -0.323. The average molecular weight is 167 g/mol. The van der Waals surface area contributed by atoms with Crippen molar-refractivity contribution in [2.24, 2.45) is 5.73 Å². The summed E-state index contributed by atoms with van der Waals surface area (Å²) in [5, 5.41) is 2.45. The van der Waals surface area contributed by atoms with Crippen LogP contribution < -0.4 is 16.8 Å². The van der Waals surface area contributed by atoms with Crippen LogP contribution in [0.25, 0.3) is 0 Å². The molecule has 0 radical (unpaired) electrons. The third-order valence-electron chi connectivity index (χ3n) is 1.20. The zero-order valence-corrected chi connectivity index (χ0v) is 6.32. The molecule has 0 saturated heterocycles. The van der Waals surface area contributed by atoms with E-state index in [2.05, 4.69) is 15.3 Å². The minimum Gasteiger partial charge on any atom is -0.382 e. The highest BCUT2D eigenvalue weighted by Crippen LogP contribution is 2.10. The van der Waals surface area contributed by atoms with Crippen molar-refractivity contribution >= 4 is 17.4 Å². The molecule has 1 aromatic rings. The molecule has 12 heavy (non-hydrogen) atoms. The second-order valence-corrected chi connectivity index (χ2v) is 2.07. The van der Waals surface area contributed by atoms with Gasteiger partial charge in [-0.1, -0.05) is 0 Å². The van der Waals surface area contributed by atoms with Gasteiger partial charge in [-0.3, -0.25) is 4.79 Å². The van der Waals surface area contributed by atoms with Crippen molar-refractivity contribution in [3.8, 4) is 0 Å². The summed E-state index contributed by atoms with van der Waals surface area (Å²) in [5.41, 5.74) is 10.9. The molecular formula is C6H9N5O. The van der Waals surface area contributed by atoms with Gasteiger partial charge >= 0.3 is 0 Å². The smallest absolute Gasteiger partial charge is 0.238 e. The van der Waals surface area contributed by atoms with Gasteiger partial charge in [0.1, 0.15) is 12.0 Å². The fourth-order valence-electron chi connectivity index (χ4n) is 0.637. The second kappa shape index (κ2) is 3.63. The highest BCUT2D eigenvalue weighted by molar-refractivity contribution is 5.94. The fraction of sp³-hybridized carbons (Fsp3) is 0.167. The Morgan fingerprint density at radius 2 is 2.42 bits per heavy atom. The molecular weight excluding hydrogens is 158 g/mol. The lowest BCUT2D eigenvalue weighted by atomic mass is 10.4. The van der Waals surface area contributed by atoms with Gasteiger partial charge in [0.05, 0.1) is 12.7 Å². The summed E-state index contributed by atoms with van der Waals surface area (Å²) in [6.45, 7) is -0.0890. The number of aromatic nitrogens is 2. The number of amides is 1. The van der Waals surface area contributed by atoms with Gasteiger partial charge < -0.3 is 16.8 Å². The van der Waals surface area contributed by atoms with Gasteiger partial charge in [-0.15, -0.1) is 0 Å². The summed E-state index contributed by atoms with van der Waals surface area (Å²) >= 11 is 0. The molecule has 1 rings (SSSR count). The standard InChI is InChI=1S/C6H9N5O/c7-1-5(12)11-4-2-9-3-10-6(4)8/h2-3H,1,7H2,(H,11,12)(H2,8,9,10). The van der Waals surface area contributed by atoms with Crippen LogP contribution in [-0.2, 0) is 4.79 Å². The molecule has 0 saturated carbocycles. The van der Waals surface area contributed by atoms with Gasteiger partial charge in [0.2, 0.25) is 5.91 Å². The van der Waals surface area contributed by atoms with Gasteiger partial charge in [-0.2, -0.15) is 0 Å². The lowest BCUT2D eigenvalue weighted by Crippen LogP contribution is -2.22. The van der Waals surface area contributed by atoms with Gasteiger partial charge in [-0.05, 0) is 0 Å². The molecule has 0 fully saturated rings. The van der Waals surface area contributed by atoms with Crippen LogP contribution in [0.1, 0.15) is 0 Å². The number of hydrogen-bond acceptors (Lipinski definition) is 5. The van der Waals surface area contributed by atoms with E-state index < -0.39 is 0 Å². The Kier molecular flexibility index (Phi) is 2.54. The normalized spacial score (nSPS) is 9.42.